The van der Waals surface area contributed by atoms with E-state index in [-0.39, 0.29) is 23.8 Å². The van der Waals surface area contributed by atoms with Gasteiger partial charge in [-0.3, -0.25) is 14.5 Å². The van der Waals surface area contributed by atoms with E-state index in [2.05, 4.69) is 24.1 Å². The molecule has 5 nitrogen and oxygen atoms in total. The number of piperidine rings is 1. The van der Waals surface area contributed by atoms with Gasteiger partial charge in [0.05, 0.1) is 19.1 Å². The van der Waals surface area contributed by atoms with Crippen molar-refractivity contribution in [1.29, 1.82) is 0 Å². The van der Waals surface area contributed by atoms with E-state index in [1.54, 1.807) is 0 Å². The first kappa shape index (κ1) is 18.9. The molecule has 128 valence electrons. The molecule has 1 aliphatic heterocycles. The van der Waals surface area contributed by atoms with Gasteiger partial charge < -0.3 is 10.1 Å². The fourth-order valence-corrected chi connectivity index (χ4v) is 2.88. The van der Waals surface area contributed by atoms with Crippen LogP contribution in [-0.4, -0.2) is 49.1 Å². The molecule has 0 radical (unpaired) electrons. The third-order valence-electron chi connectivity index (χ3n) is 4.22. The molecule has 1 amide bonds. The minimum absolute atomic E-state index is 0.00669. The van der Waals surface area contributed by atoms with Crippen molar-refractivity contribution in [3.05, 3.63) is 0 Å². The highest BCUT2D eigenvalue weighted by molar-refractivity contribution is 5.78. The number of nitrogens with zero attached hydrogens (tertiary/aromatic N) is 1. The normalized spacial score (nSPS) is 18.0. The largest absolute Gasteiger partial charge is 0.466 e. The van der Waals surface area contributed by atoms with E-state index >= 15 is 0 Å². The third-order valence-corrected chi connectivity index (χ3v) is 4.22. The number of amides is 1. The summed E-state index contributed by atoms with van der Waals surface area (Å²) in [5.74, 6) is 0.0157. The molecule has 1 heterocycles. The fourth-order valence-electron chi connectivity index (χ4n) is 2.88. The molecule has 1 rings (SSSR count). The molecule has 1 N–H and O–H groups in total. The molecule has 0 spiro atoms. The second kappa shape index (κ2) is 10.6. The van der Waals surface area contributed by atoms with E-state index in [1.807, 2.05) is 6.92 Å². The number of ether oxygens (including phenoxy) is 1. The second-order valence-electron chi connectivity index (χ2n) is 6.27. The standard InChI is InChI=1S/C17H32N2O3/c1-4-6-7-8-14(3)18-16(20)13-19-11-9-15(10-12-19)17(21)22-5-2/h14-15H,4-13H2,1-3H3,(H,18,20). The second-order valence-corrected chi connectivity index (χ2v) is 6.27. The molecule has 0 aromatic heterocycles. The maximum absolute atomic E-state index is 12.0. The van der Waals surface area contributed by atoms with Crippen molar-refractivity contribution in [2.24, 2.45) is 5.92 Å². The van der Waals surface area contributed by atoms with Crippen LogP contribution in [-0.2, 0) is 14.3 Å². The lowest BCUT2D eigenvalue weighted by Gasteiger charge is -2.30. The average Bonchev–Trinajstić information content (AvgIpc) is 2.48. The van der Waals surface area contributed by atoms with Crippen LogP contribution in [0, 0.1) is 5.92 Å². The predicted molar refractivity (Wildman–Crippen MR) is 87.5 cm³/mol. The van der Waals surface area contributed by atoms with Crippen molar-refractivity contribution in [2.75, 3.05) is 26.2 Å². The first-order valence-electron chi connectivity index (χ1n) is 8.75. The van der Waals surface area contributed by atoms with Gasteiger partial charge in [0.1, 0.15) is 0 Å². The van der Waals surface area contributed by atoms with E-state index in [0.29, 0.717) is 13.2 Å². The van der Waals surface area contributed by atoms with E-state index in [4.69, 9.17) is 4.74 Å². The van der Waals surface area contributed by atoms with Crippen LogP contribution in [0.4, 0.5) is 0 Å². The number of esters is 1. The van der Waals surface area contributed by atoms with Crippen LogP contribution >= 0.6 is 0 Å². The molecule has 22 heavy (non-hydrogen) atoms. The van der Waals surface area contributed by atoms with Crippen molar-refractivity contribution < 1.29 is 14.3 Å². The summed E-state index contributed by atoms with van der Waals surface area (Å²) in [6, 6.07) is 0.246. The number of nitrogens with one attached hydrogen (secondary N) is 1. The van der Waals surface area contributed by atoms with E-state index < -0.39 is 0 Å². The summed E-state index contributed by atoms with van der Waals surface area (Å²) < 4.78 is 5.06. The Morgan fingerprint density at radius 3 is 2.50 bits per heavy atom. The van der Waals surface area contributed by atoms with Crippen LogP contribution in [0.15, 0.2) is 0 Å². The maximum Gasteiger partial charge on any atom is 0.309 e. The van der Waals surface area contributed by atoms with E-state index in [1.165, 1.54) is 19.3 Å². The molecule has 1 fully saturated rings. The molecule has 1 unspecified atom stereocenters. The number of carbonyl (C=O) groups excluding carboxylic acids is 2. The van der Waals surface area contributed by atoms with Gasteiger partial charge in [0.2, 0.25) is 5.91 Å². The smallest absolute Gasteiger partial charge is 0.309 e. The molecule has 0 aromatic carbocycles. The molecule has 1 atom stereocenters. The first-order valence-corrected chi connectivity index (χ1v) is 8.75. The van der Waals surface area contributed by atoms with E-state index in [9.17, 15) is 9.59 Å². The predicted octanol–water partition coefficient (Wildman–Crippen LogP) is 2.35. The van der Waals surface area contributed by atoms with Gasteiger partial charge in [-0.25, -0.2) is 0 Å². The minimum atomic E-state index is -0.0869. The van der Waals surface area contributed by atoms with Crippen LogP contribution in [0.1, 0.15) is 59.3 Å². The van der Waals surface area contributed by atoms with Crippen molar-refractivity contribution in [3.63, 3.8) is 0 Å². The monoisotopic (exact) mass is 312 g/mol. The number of hydrogen-bond donors (Lipinski definition) is 1. The Kier molecular flexibility index (Phi) is 9.13. The third kappa shape index (κ3) is 7.25. The molecular weight excluding hydrogens is 280 g/mol. The number of likely N-dealkylation sites (tertiary alicyclic amines) is 1. The molecule has 5 heteroatoms. The molecule has 0 bridgehead atoms. The Bertz CT molecular complexity index is 339. The molecule has 0 aromatic rings. The lowest BCUT2D eigenvalue weighted by molar-refractivity contribution is -0.149. The quantitative estimate of drug-likeness (QED) is 0.524. The summed E-state index contributed by atoms with van der Waals surface area (Å²) in [5, 5.41) is 3.07. The van der Waals surface area contributed by atoms with Gasteiger partial charge in [-0.1, -0.05) is 26.2 Å². The highest BCUT2D eigenvalue weighted by atomic mass is 16.5. The Labute approximate surface area is 134 Å². The number of unbranched alkanes of at least 4 members (excludes halogenated alkanes) is 2. The van der Waals surface area contributed by atoms with Gasteiger partial charge in [0.15, 0.2) is 0 Å². The van der Waals surface area contributed by atoms with Crippen LogP contribution in [0.3, 0.4) is 0 Å². The van der Waals surface area contributed by atoms with E-state index in [0.717, 1.165) is 32.4 Å². The zero-order valence-electron chi connectivity index (χ0n) is 14.4. The fraction of sp³-hybridized carbons (Fsp3) is 0.882. The summed E-state index contributed by atoms with van der Waals surface area (Å²) in [6.45, 7) is 8.55. The van der Waals surface area contributed by atoms with Gasteiger partial charge in [-0.15, -0.1) is 0 Å². The van der Waals surface area contributed by atoms with Gasteiger partial charge in [0, 0.05) is 6.04 Å². The Balaban J connectivity index is 2.20. The van der Waals surface area contributed by atoms with Crippen LogP contribution in [0.5, 0.6) is 0 Å². The van der Waals surface area contributed by atoms with Crippen molar-refractivity contribution >= 4 is 11.9 Å². The number of carbonyl (C=O) groups is 2. The van der Waals surface area contributed by atoms with Gasteiger partial charge in [-0.2, -0.15) is 0 Å². The Hall–Kier alpha value is -1.10. The van der Waals surface area contributed by atoms with Crippen molar-refractivity contribution in [1.82, 2.24) is 10.2 Å². The maximum atomic E-state index is 12.0. The zero-order chi connectivity index (χ0) is 16.4. The summed E-state index contributed by atoms with van der Waals surface area (Å²) in [4.78, 5) is 25.8. The first-order chi connectivity index (χ1) is 10.6. The number of hydrogen-bond acceptors (Lipinski definition) is 4. The van der Waals surface area contributed by atoms with Gasteiger partial charge in [0.25, 0.3) is 0 Å². The lowest BCUT2D eigenvalue weighted by atomic mass is 9.97. The molecule has 1 saturated heterocycles. The van der Waals surface area contributed by atoms with Crippen LogP contribution < -0.4 is 5.32 Å². The minimum Gasteiger partial charge on any atom is -0.466 e. The van der Waals surface area contributed by atoms with Gasteiger partial charge in [-0.05, 0) is 46.2 Å². The summed E-state index contributed by atoms with van der Waals surface area (Å²) in [6.07, 6.45) is 6.22. The average molecular weight is 312 g/mol. The van der Waals surface area contributed by atoms with Crippen molar-refractivity contribution in [2.45, 2.75) is 65.3 Å². The summed E-state index contributed by atoms with van der Waals surface area (Å²) in [7, 11) is 0. The van der Waals surface area contributed by atoms with Crippen LogP contribution in [0.2, 0.25) is 0 Å². The summed E-state index contributed by atoms with van der Waals surface area (Å²) in [5.41, 5.74) is 0. The Morgan fingerprint density at radius 2 is 1.91 bits per heavy atom. The highest BCUT2D eigenvalue weighted by Crippen LogP contribution is 2.18. The van der Waals surface area contributed by atoms with Crippen molar-refractivity contribution in [3.8, 4) is 0 Å². The molecular formula is C17H32N2O3. The topological polar surface area (TPSA) is 58.6 Å². The molecule has 0 aliphatic carbocycles. The molecule has 0 saturated carbocycles. The Morgan fingerprint density at radius 1 is 1.23 bits per heavy atom. The SMILES string of the molecule is CCCCCC(C)NC(=O)CN1CCC(C(=O)OCC)CC1. The lowest BCUT2D eigenvalue weighted by Crippen LogP contribution is -2.44. The zero-order valence-corrected chi connectivity index (χ0v) is 14.4. The highest BCUT2D eigenvalue weighted by Gasteiger charge is 2.26. The number of rotatable bonds is 9. The van der Waals surface area contributed by atoms with Gasteiger partial charge >= 0.3 is 5.97 Å². The molecule has 1 aliphatic rings. The summed E-state index contributed by atoms with van der Waals surface area (Å²) >= 11 is 0. The van der Waals surface area contributed by atoms with Crippen LogP contribution in [0.25, 0.3) is 0 Å².